The second-order valence-corrected chi connectivity index (χ2v) is 1.98. The fraction of sp³-hybridized carbons (Fsp3) is 0.333. The molecule has 1 rings (SSSR count). The predicted molar refractivity (Wildman–Crippen MR) is 34.2 cm³/mol. The van der Waals surface area contributed by atoms with E-state index in [4.69, 9.17) is 5.11 Å². The van der Waals surface area contributed by atoms with Crippen molar-refractivity contribution in [3.05, 3.63) is 18.2 Å². The molecule has 0 saturated heterocycles. The lowest BCUT2D eigenvalue weighted by Crippen LogP contribution is -2.05. The van der Waals surface area contributed by atoms with Crippen molar-refractivity contribution in [3.8, 4) is 0 Å². The number of nitrogens with zero attached hydrogens (tertiary/aromatic N) is 2. The largest absolute Gasteiger partial charge is 0.378 e. The van der Waals surface area contributed by atoms with Gasteiger partial charge in [-0.2, -0.15) is 0 Å². The number of imidazole rings is 1. The third-order valence-corrected chi connectivity index (χ3v) is 1.25. The minimum atomic E-state index is -1.10. The van der Waals surface area contributed by atoms with Crippen LogP contribution in [-0.2, 0) is 11.8 Å². The second kappa shape index (κ2) is 2.62. The number of aldehydes is 1. The van der Waals surface area contributed by atoms with Gasteiger partial charge in [0.15, 0.2) is 12.4 Å². The van der Waals surface area contributed by atoms with Gasteiger partial charge in [0.25, 0.3) is 0 Å². The zero-order chi connectivity index (χ0) is 7.56. The van der Waals surface area contributed by atoms with Gasteiger partial charge in [-0.1, -0.05) is 0 Å². The Morgan fingerprint density at radius 3 is 3.00 bits per heavy atom. The van der Waals surface area contributed by atoms with Gasteiger partial charge >= 0.3 is 0 Å². The predicted octanol–water partition coefficient (Wildman–Crippen LogP) is -0.348. The van der Waals surface area contributed by atoms with E-state index in [1.165, 1.54) is 6.20 Å². The highest BCUT2D eigenvalue weighted by Gasteiger charge is 2.08. The molecule has 4 heteroatoms. The maximum Gasteiger partial charge on any atom is 0.167 e. The SMILES string of the molecule is Cn1ccnc1C(O)C=O. The monoisotopic (exact) mass is 140 g/mol. The van der Waals surface area contributed by atoms with Crippen LogP contribution in [0.25, 0.3) is 0 Å². The first-order valence-corrected chi connectivity index (χ1v) is 2.86. The van der Waals surface area contributed by atoms with Crippen molar-refractivity contribution in [2.75, 3.05) is 0 Å². The first-order valence-electron chi connectivity index (χ1n) is 2.86. The van der Waals surface area contributed by atoms with Crippen LogP contribution in [-0.4, -0.2) is 20.9 Å². The molecule has 0 aromatic carbocycles. The highest BCUT2D eigenvalue weighted by molar-refractivity contribution is 5.57. The summed E-state index contributed by atoms with van der Waals surface area (Å²) >= 11 is 0. The zero-order valence-electron chi connectivity index (χ0n) is 5.56. The lowest BCUT2D eigenvalue weighted by atomic mass is 10.4. The maximum absolute atomic E-state index is 10.1. The first kappa shape index (κ1) is 6.95. The summed E-state index contributed by atoms with van der Waals surface area (Å²) in [7, 11) is 1.72. The van der Waals surface area contributed by atoms with Crippen molar-refractivity contribution >= 4 is 6.29 Å². The Bertz CT molecular complexity index is 231. The highest BCUT2D eigenvalue weighted by atomic mass is 16.3. The summed E-state index contributed by atoms with van der Waals surface area (Å²) < 4.78 is 1.60. The molecule has 0 radical (unpaired) electrons. The van der Waals surface area contributed by atoms with E-state index in [0.29, 0.717) is 12.1 Å². The van der Waals surface area contributed by atoms with Crippen LogP contribution in [0.2, 0.25) is 0 Å². The molecule has 0 fully saturated rings. The summed E-state index contributed by atoms with van der Waals surface area (Å²) in [5.74, 6) is 0.370. The number of aliphatic hydroxyl groups is 1. The van der Waals surface area contributed by atoms with Gasteiger partial charge in [-0.25, -0.2) is 4.98 Å². The molecule has 1 heterocycles. The Hall–Kier alpha value is -1.16. The minimum Gasteiger partial charge on any atom is -0.378 e. The van der Waals surface area contributed by atoms with E-state index < -0.39 is 6.10 Å². The molecule has 4 nitrogen and oxygen atoms in total. The van der Waals surface area contributed by atoms with Gasteiger partial charge in [0.05, 0.1) is 0 Å². The Labute approximate surface area is 58.1 Å². The molecule has 54 valence electrons. The van der Waals surface area contributed by atoms with Crippen LogP contribution in [0.4, 0.5) is 0 Å². The molecule has 10 heavy (non-hydrogen) atoms. The van der Waals surface area contributed by atoms with E-state index in [0.717, 1.165) is 0 Å². The molecule has 0 amide bonds. The van der Waals surface area contributed by atoms with Crippen LogP contribution < -0.4 is 0 Å². The summed E-state index contributed by atoms with van der Waals surface area (Å²) in [6.45, 7) is 0. The summed E-state index contributed by atoms with van der Waals surface area (Å²) in [6.07, 6.45) is 2.55. The fourth-order valence-corrected chi connectivity index (χ4v) is 0.723. The van der Waals surface area contributed by atoms with Crippen molar-refractivity contribution in [3.63, 3.8) is 0 Å². The molecular formula is C6H8N2O2. The van der Waals surface area contributed by atoms with E-state index in [-0.39, 0.29) is 0 Å². The van der Waals surface area contributed by atoms with Crippen LogP contribution in [0.3, 0.4) is 0 Å². The van der Waals surface area contributed by atoms with E-state index in [9.17, 15) is 4.79 Å². The van der Waals surface area contributed by atoms with Crippen molar-refractivity contribution in [2.24, 2.45) is 7.05 Å². The number of carbonyl (C=O) groups is 1. The number of aromatic nitrogens is 2. The third-order valence-electron chi connectivity index (χ3n) is 1.25. The summed E-state index contributed by atoms with van der Waals surface area (Å²) in [5, 5.41) is 8.95. The molecule has 1 N–H and O–H groups in total. The van der Waals surface area contributed by atoms with E-state index in [1.807, 2.05) is 0 Å². The van der Waals surface area contributed by atoms with Crippen LogP contribution in [0.5, 0.6) is 0 Å². The summed E-state index contributed by atoms with van der Waals surface area (Å²) in [6, 6.07) is 0. The highest BCUT2D eigenvalue weighted by Crippen LogP contribution is 2.04. The van der Waals surface area contributed by atoms with Crippen molar-refractivity contribution in [1.82, 2.24) is 9.55 Å². The third kappa shape index (κ3) is 1.06. The lowest BCUT2D eigenvalue weighted by molar-refractivity contribution is -0.115. The van der Waals surface area contributed by atoms with E-state index >= 15 is 0 Å². The lowest BCUT2D eigenvalue weighted by Gasteiger charge is -2.00. The Morgan fingerprint density at radius 1 is 1.90 bits per heavy atom. The Morgan fingerprint density at radius 2 is 2.60 bits per heavy atom. The number of hydrogen-bond acceptors (Lipinski definition) is 3. The van der Waals surface area contributed by atoms with Crippen molar-refractivity contribution in [1.29, 1.82) is 0 Å². The number of rotatable bonds is 2. The molecule has 0 bridgehead atoms. The molecule has 1 aromatic heterocycles. The zero-order valence-corrected chi connectivity index (χ0v) is 5.56. The van der Waals surface area contributed by atoms with E-state index in [2.05, 4.69) is 4.98 Å². The topological polar surface area (TPSA) is 55.1 Å². The van der Waals surface area contributed by atoms with Gasteiger partial charge in [-0.15, -0.1) is 0 Å². The summed E-state index contributed by atoms with van der Waals surface area (Å²) in [4.78, 5) is 13.8. The molecule has 0 saturated carbocycles. The van der Waals surface area contributed by atoms with Gasteiger partial charge < -0.3 is 9.67 Å². The average Bonchev–Trinajstić information content (AvgIpc) is 2.34. The Balaban J connectivity index is 2.92. The van der Waals surface area contributed by atoms with Crippen LogP contribution in [0, 0.1) is 0 Å². The average molecular weight is 140 g/mol. The summed E-state index contributed by atoms with van der Waals surface area (Å²) in [5.41, 5.74) is 0. The first-order chi connectivity index (χ1) is 4.75. The smallest absolute Gasteiger partial charge is 0.167 e. The normalized spacial score (nSPS) is 13.0. The molecule has 1 aromatic rings. The van der Waals surface area contributed by atoms with Gasteiger partial charge in [-0.3, -0.25) is 4.79 Å². The van der Waals surface area contributed by atoms with Crippen molar-refractivity contribution < 1.29 is 9.90 Å². The van der Waals surface area contributed by atoms with Gasteiger partial charge in [-0.05, 0) is 0 Å². The van der Waals surface area contributed by atoms with Crippen LogP contribution in [0.15, 0.2) is 12.4 Å². The number of carbonyl (C=O) groups excluding carboxylic acids is 1. The molecule has 0 aliphatic carbocycles. The number of hydrogen-bond donors (Lipinski definition) is 1. The Kier molecular flexibility index (Phi) is 1.82. The molecule has 0 aliphatic heterocycles. The van der Waals surface area contributed by atoms with Gasteiger partial charge in [0.1, 0.15) is 5.82 Å². The molecule has 1 unspecified atom stereocenters. The minimum absolute atomic E-state index is 0.370. The number of aliphatic hydroxyl groups excluding tert-OH is 1. The van der Waals surface area contributed by atoms with Gasteiger partial charge in [0.2, 0.25) is 0 Å². The van der Waals surface area contributed by atoms with Gasteiger partial charge in [0, 0.05) is 19.4 Å². The molecular weight excluding hydrogens is 132 g/mol. The molecule has 1 atom stereocenters. The van der Waals surface area contributed by atoms with Crippen LogP contribution in [0.1, 0.15) is 11.9 Å². The van der Waals surface area contributed by atoms with Crippen LogP contribution >= 0.6 is 0 Å². The van der Waals surface area contributed by atoms with E-state index in [1.54, 1.807) is 17.8 Å². The standard InChI is InChI=1S/C6H8N2O2/c1-8-3-2-7-6(8)5(10)4-9/h2-5,10H,1H3. The fourth-order valence-electron chi connectivity index (χ4n) is 0.723. The molecule has 0 aliphatic rings. The maximum atomic E-state index is 10.1. The second-order valence-electron chi connectivity index (χ2n) is 1.98. The molecule has 0 spiro atoms. The quantitative estimate of drug-likeness (QED) is 0.571. The van der Waals surface area contributed by atoms with Crippen molar-refractivity contribution in [2.45, 2.75) is 6.10 Å². The number of aryl methyl sites for hydroxylation is 1.